The van der Waals surface area contributed by atoms with Crippen molar-refractivity contribution in [2.24, 2.45) is 4.99 Å². The summed E-state index contributed by atoms with van der Waals surface area (Å²) in [5, 5.41) is 6.50. The highest BCUT2D eigenvalue weighted by Gasteiger charge is 2.26. The van der Waals surface area contributed by atoms with Gasteiger partial charge in [0.2, 0.25) is 17.8 Å². The molecule has 0 saturated carbocycles. The average Bonchev–Trinajstić information content (AvgIpc) is 3.26. The maximum absolute atomic E-state index is 13.4. The summed E-state index contributed by atoms with van der Waals surface area (Å²) in [7, 11) is 6.75. The molecule has 3 aromatic carbocycles. The SMILES string of the molecule is COc1ccc(C2=Nc3c(N)nc(N)nc3NC(c3ccc(Oc4nc(Nc5ccc(F)cc5)nc(N(C)C)n4)c(OC)c3)C2)cc1. The molecule has 6 rings (SSSR count). The number of fused-ring (bicyclic) bond motifs is 1. The van der Waals surface area contributed by atoms with E-state index < -0.39 is 0 Å². The van der Waals surface area contributed by atoms with Crippen molar-refractivity contribution < 1.29 is 18.6 Å². The fourth-order valence-corrected chi connectivity index (χ4v) is 4.85. The highest BCUT2D eigenvalue weighted by Crippen LogP contribution is 2.40. The molecular weight excluding hydrogens is 605 g/mol. The van der Waals surface area contributed by atoms with Crippen LogP contribution in [-0.2, 0) is 0 Å². The van der Waals surface area contributed by atoms with Gasteiger partial charge in [0.25, 0.3) is 0 Å². The number of benzene rings is 3. The number of rotatable bonds is 9. The van der Waals surface area contributed by atoms with Crippen LogP contribution in [0.4, 0.5) is 45.2 Å². The number of nitrogens with two attached hydrogens (primary N) is 2. The predicted molar refractivity (Wildman–Crippen MR) is 178 cm³/mol. The van der Waals surface area contributed by atoms with Gasteiger partial charge in [-0.15, -0.1) is 0 Å². The molecule has 0 amide bonds. The largest absolute Gasteiger partial charge is 0.497 e. The Labute approximate surface area is 269 Å². The fraction of sp³-hybridized carbons (Fsp3) is 0.188. The van der Waals surface area contributed by atoms with Gasteiger partial charge >= 0.3 is 6.01 Å². The normalized spacial score (nSPS) is 13.8. The van der Waals surface area contributed by atoms with E-state index in [0.717, 1.165) is 22.6 Å². The zero-order valence-corrected chi connectivity index (χ0v) is 26.0. The lowest BCUT2D eigenvalue weighted by atomic mass is 9.97. The van der Waals surface area contributed by atoms with Crippen LogP contribution in [0.2, 0.25) is 0 Å². The highest BCUT2D eigenvalue weighted by molar-refractivity contribution is 6.04. The molecule has 240 valence electrons. The molecule has 2 aromatic heterocycles. The zero-order chi connectivity index (χ0) is 33.1. The predicted octanol–water partition coefficient (Wildman–Crippen LogP) is 5.26. The second-order valence-electron chi connectivity index (χ2n) is 10.6. The molecule has 1 aliphatic heterocycles. The summed E-state index contributed by atoms with van der Waals surface area (Å²) in [4.78, 5) is 28.4. The summed E-state index contributed by atoms with van der Waals surface area (Å²) < 4.78 is 30.6. The summed E-state index contributed by atoms with van der Waals surface area (Å²) in [5.41, 5.74) is 15.7. The molecular formula is C32H32FN11O3. The number of hydrogen-bond donors (Lipinski definition) is 4. The monoisotopic (exact) mass is 637 g/mol. The standard InChI is InChI=1S/C32H32FN11O3/c1-44(2)31-41-30(36-20-10-8-19(33)9-11-20)42-32(43-31)47-24-14-7-18(15-25(24)46-4)23-16-22(17-5-12-21(45-3)13-6-17)37-26-27(34)39-29(35)40-28(26)38-23/h5-15,23H,16H2,1-4H3,(H,36,41,42,43)(H5,34,35,38,39,40). The number of aromatic nitrogens is 5. The molecule has 0 bridgehead atoms. The minimum absolute atomic E-state index is 0.0254. The Morgan fingerprint density at radius 3 is 2.34 bits per heavy atom. The quantitative estimate of drug-likeness (QED) is 0.164. The van der Waals surface area contributed by atoms with Crippen LogP contribution in [0.15, 0.2) is 71.7 Å². The average molecular weight is 638 g/mol. The maximum Gasteiger partial charge on any atom is 0.328 e. The van der Waals surface area contributed by atoms with Crippen LogP contribution in [0.25, 0.3) is 0 Å². The van der Waals surface area contributed by atoms with Crippen molar-refractivity contribution in [2.75, 3.05) is 55.3 Å². The third-order valence-corrected chi connectivity index (χ3v) is 7.20. The van der Waals surface area contributed by atoms with Crippen LogP contribution in [0, 0.1) is 5.82 Å². The third-order valence-electron chi connectivity index (χ3n) is 7.20. The molecule has 5 aromatic rings. The number of hydrogen-bond acceptors (Lipinski definition) is 14. The van der Waals surface area contributed by atoms with E-state index in [1.165, 1.54) is 12.1 Å². The Morgan fingerprint density at radius 2 is 1.64 bits per heavy atom. The highest BCUT2D eigenvalue weighted by atomic mass is 19.1. The first kappa shape index (κ1) is 30.8. The van der Waals surface area contributed by atoms with E-state index in [1.54, 1.807) is 51.4 Å². The van der Waals surface area contributed by atoms with E-state index in [0.29, 0.717) is 41.1 Å². The Hall–Kier alpha value is -6.25. The molecule has 6 N–H and O–H groups in total. The number of anilines is 6. The van der Waals surface area contributed by atoms with E-state index in [9.17, 15) is 4.39 Å². The number of methoxy groups -OCH3 is 2. The molecule has 0 radical (unpaired) electrons. The summed E-state index contributed by atoms with van der Waals surface area (Å²) in [6.45, 7) is 0. The molecule has 15 heteroatoms. The Kier molecular flexibility index (Phi) is 8.51. The van der Waals surface area contributed by atoms with Gasteiger partial charge in [0.15, 0.2) is 23.1 Å². The van der Waals surface area contributed by atoms with Crippen LogP contribution >= 0.6 is 0 Å². The minimum atomic E-state index is -0.353. The van der Waals surface area contributed by atoms with Crippen LogP contribution in [0.1, 0.15) is 23.6 Å². The van der Waals surface area contributed by atoms with Gasteiger partial charge in [-0.25, -0.2) is 9.38 Å². The second kappa shape index (κ2) is 13.0. The first-order chi connectivity index (χ1) is 22.7. The molecule has 1 aliphatic rings. The van der Waals surface area contributed by atoms with E-state index >= 15 is 0 Å². The fourth-order valence-electron chi connectivity index (χ4n) is 4.85. The lowest BCUT2D eigenvalue weighted by Gasteiger charge is -2.20. The molecule has 0 saturated heterocycles. The minimum Gasteiger partial charge on any atom is -0.497 e. The van der Waals surface area contributed by atoms with E-state index in [1.807, 2.05) is 36.4 Å². The molecule has 3 heterocycles. The topological polar surface area (TPSA) is 184 Å². The van der Waals surface area contributed by atoms with E-state index in [4.69, 9.17) is 30.7 Å². The first-order valence-electron chi connectivity index (χ1n) is 14.4. The lowest BCUT2D eigenvalue weighted by Crippen LogP contribution is -2.16. The number of nitrogen functional groups attached to an aromatic ring is 2. The number of nitrogens with zero attached hydrogens (tertiary/aromatic N) is 7. The van der Waals surface area contributed by atoms with Gasteiger partial charge < -0.3 is 41.2 Å². The summed E-state index contributed by atoms with van der Waals surface area (Å²) in [6.07, 6.45) is 0.462. The van der Waals surface area contributed by atoms with Crippen molar-refractivity contribution in [1.29, 1.82) is 0 Å². The zero-order valence-electron chi connectivity index (χ0n) is 26.0. The van der Waals surface area contributed by atoms with Crippen LogP contribution in [-0.4, -0.2) is 58.9 Å². The number of halogens is 1. The van der Waals surface area contributed by atoms with Crippen molar-refractivity contribution in [2.45, 2.75) is 12.5 Å². The van der Waals surface area contributed by atoms with Crippen LogP contribution in [0.5, 0.6) is 23.3 Å². The van der Waals surface area contributed by atoms with E-state index in [-0.39, 0.29) is 35.6 Å². The smallest absolute Gasteiger partial charge is 0.328 e. The van der Waals surface area contributed by atoms with Crippen molar-refractivity contribution >= 4 is 46.6 Å². The van der Waals surface area contributed by atoms with Gasteiger partial charge in [-0.3, -0.25) is 0 Å². The van der Waals surface area contributed by atoms with Gasteiger partial charge in [-0.2, -0.15) is 24.9 Å². The van der Waals surface area contributed by atoms with Crippen molar-refractivity contribution in [3.8, 4) is 23.3 Å². The molecule has 1 atom stereocenters. The van der Waals surface area contributed by atoms with Gasteiger partial charge in [0.1, 0.15) is 17.3 Å². The summed E-state index contributed by atoms with van der Waals surface area (Å²) in [6, 6.07) is 18.6. The molecule has 1 unspecified atom stereocenters. The van der Waals surface area contributed by atoms with E-state index in [2.05, 4.69) is 35.6 Å². The molecule has 47 heavy (non-hydrogen) atoms. The maximum atomic E-state index is 13.4. The van der Waals surface area contributed by atoms with Crippen molar-refractivity contribution in [3.63, 3.8) is 0 Å². The molecule has 0 fully saturated rings. The number of ether oxygens (including phenoxy) is 3. The summed E-state index contributed by atoms with van der Waals surface area (Å²) in [5.74, 6) is 2.33. The Balaban J connectivity index is 1.32. The van der Waals surface area contributed by atoms with Gasteiger partial charge in [0, 0.05) is 26.2 Å². The third kappa shape index (κ3) is 6.88. The Bertz CT molecular complexity index is 1940. The van der Waals surface area contributed by atoms with Crippen LogP contribution < -0.4 is 41.2 Å². The first-order valence-corrected chi connectivity index (χ1v) is 14.4. The number of nitrogens with one attached hydrogen (secondary N) is 2. The second-order valence-corrected chi connectivity index (χ2v) is 10.6. The summed E-state index contributed by atoms with van der Waals surface area (Å²) >= 11 is 0. The van der Waals surface area contributed by atoms with Gasteiger partial charge in [0.05, 0.1) is 26.0 Å². The molecule has 14 nitrogen and oxygen atoms in total. The number of aliphatic imine (C=N–C) groups is 1. The molecule has 0 aliphatic carbocycles. The lowest BCUT2D eigenvalue weighted by molar-refractivity contribution is 0.367. The van der Waals surface area contributed by atoms with Crippen LogP contribution in [0.3, 0.4) is 0 Å². The molecule has 0 spiro atoms. The van der Waals surface area contributed by atoms with Crippen molar-refractivity contribution in [1.82, 2.24) is 24.9 Å². The van der Waals surface area contributed by atoms with Gasteiger partial charge in [-0.1, -0.05) is 6.07 Å². The van der Waals surface area contributed by atoms with Crippen molar-refractivity contribution in [3.05, 3.63) is 83.7 Å². The van der Waals surface area contributed by atoms with Gasteiger partial charge in [-0.05, 0) is 71.8 Å². The Morgan fingerprint density at radius 1 is 0.872 bits per heavy atom.